The van der Waals surface area contributed by atoms with E-state index in [4.69, 9.17) is 9.84 Å². The second-order valence-corrected chi connectivity index (χ2v) is 3.80. The third-order valence-corrected chi connectivity index (χ3v) is 2.69. The van der Waals surface area contributed by atoms with Gasteiger partial charge in [0.25, 0.3) is 5.91 Å². The van der Waals surface area contributed by atoms with Crippen molar-refractivity contribution in [1.29, 1.82) is 0 Å². The van der Waals surface area contributed by atoms with Crippen LogP contribution in [0, 0.1) is 0 Å². The van der Waals surface area contributed by atoms with Gasteiger partial charge < -0.3 is 14.7 Å². The molecule has 0 bridgehead atoms. The highest BCUT2D eigenvalue weighted by atomic mass is 32.1. The van der Waals surface area contributed by atoms with Gasteiger partial charge in [0.05, 0.1) is 31.1 Å². The minimum Gasteiger partial charge on any atom is -0.479 e. The number of ether oxygens (including phenoxy) is 1. The van der Waals surface area contributed by atoms with E-state index in [1.54, 1.807) is 0 Å². The van der Waals surface area contributed by atoms with E-state index < -0.39 is 12.1 Å². The number of carbonyl (C=O) groups is 2. The van der Waals surface area contributed by atoms with E-state index in [0.717, 1.165) is 11.7 Å². The Balaban J connectivity index is 2.05. The molecule has 0 spiro atoms. The van der Waals surface area contributed by atoms with Gasteiger partial charge in [-0.05, 0) is 0 Å². The molecule has 1 aromatic heterocycles. The van der Waals surface area contributed by atoms with Gasteiger partial charge in [-0.1, -0.05) is 0 Å². The van der Waals surface area contributed by atoms with Crippen molar-refractivity contribution in [2.75, 3.05) is 19.7 Å². The molecule has 1 aliphatic rings. The molecule has 0 radical (unpaired) electrons. The third-order valence-electron chi connectivity index (χ3n) is 2.21. The average molecular weight is 243 g/mol. The lowest BCUT2D eigenvalue weighted by Crippen LogP contribution is -2.48. The molecule has 86 valence electrons. The number of aliphatic carboxylic acids is 1. The second kappa shape index (κ2) is 4.54. The SMILES string of the molecule is O=C(O)C1CN(C(=O)c2cnsn2)CCO1. The summed E-state index contributed by atoms with van der Waals surface area (Å²) in [5.41, 5.74) is 0.246. The van der Waals surface area contributed by atoms with Crippen molar-refractivity contribution in [3.8, 4) is 0 Å². The third kappa shape index (κ3) is 2.17. The molecule has 1 unspecified atom stereocenters. The van der Waals surface area contributed by atoms with Crippen molar-refractivity contribution in [2.45, 2.75) is 6.10 Å². The van der Waals surface area contributed by atoms with Crippen molar-refractivity contribution in [2.24, 2.45) is 0 Å². The van der Waals surface area contributed by atoms with Gasteiger partial charge in [0, 0.05) is 6.54 Å². The summed E-state index contributed by atoms with van der Waals surface area (Å²) in [6.07, 6.45) is 0.419. The van der Waals surface area contributed by atoms with Crippen LogP contribution in [0.5, 0.6) is 0 Å². The predicted molar refractivity (Wildman–Crippen MR) is 53.2 cm³/mol. The number of carboxylic acids is 1. The standard InChI is InChI=1S/C8H9N3O4S/c12-7(5-3-9-16-10-5)11-1-2-15-6(4-11)8(13)14/h3,6H,1-2,4H2,(H,13,14). The zero-order valence-electron chi connectivity index (χ0n) is 8.20. The summed E-state index contributed by atoms with van der Waals surface area (Å²) in [5, 5.41) is 8.78. The van der Waals surface area contributed by atoms with Gasteiger partial charge in [0.2, 0.25) is 0 Å². The predicted octanol–water partition coefficient (Wildman–Crippen LogP) is -0.536. The van der Waals surface area contributed by atoms with E-state index in [1.165, 1.54) is 11.1 Å². The number of nitrogens with zero attached hydrogens (tertiary/aromatic N) is 3. The smallest absolute Gasteiger partial charge is 0.334 e. The van der Waals surface area contributed by atoms with E-state index >= 15 is 0 Å². The molecule has 0 aromatic carbocycles. The number of aromatic nitrogens is 2. The summed E-state index contributed by atoms with van der Waals surface area (Å²) in [5.74, 6) is -1.36. The molecule has 0 saturated carbocycles. The van der Waals surface area contributed by atoms with Crippen molar-refractivity contribution in [1.82, 2.24) is 13.6 Å². The summed E-state index contributed by atoms with van der Waals surface area (Å²) in [6, 6.07) is 0. The zero-order chi connectivity index (χ0) is 11.5. The van der Waals surface area contributed by atoms with Gasteiger partial charge in [-0.2, -0.15) is 8.75 Å². The van der Waals surface area contributed by atoms with Gasteiger partial charge in [-0.25, -0.2) is 4.79 Å². The Morgan fingerprint density at radius 2 is 2.44 bits per heavy atom. The summed E-state index contributed by atoms with van der Waals surface area (Å²) < 4.78 is 12.6. The first-order valence-electron chi connectivity index (χ1n) is 4.59. The number of carbonyl (C=O) groups excluding carboxylic acids is 1. The molecule has 1 aromatic rings. The Hall–Kier alpha value is -1.54. The van der Waals surface area contributed by atoms with Crippen LogP contribution in [0.25, 0.3) is 0 Å². The van der Waals surface area contributed by atoms with Crippen LogP contribution < -0.4 is 0 Å². The minimum atomic E-state index is -1.06. The maximum absolute atomic E-state index is 11.8. The first-order valence-corrected chi connectivity index (χ1v) is 5.33. The van der Waals surface area contributed by atoms with Crippen molar-refractivity contribution in [3.63, 3.8) is 0 Å². The van der Waals surface area contributed by atoms with Gasteiger partial charge in [-0.3, -0.25) is 4.79 Å². The molecule has 2 rings (SSSR count). The number of amides is 1. The number of hydrogen-bond donors (Lipinski definition) is 1. The topological polar surface area (TPSA) is 92.6 Å². The summed E-state index contributed by atoms with van der Waals surface area (Å²) in [7, 11) is 0. The highest BCUT2D eigenvalue weighted by Crippen LogP contribution is 2.09. The lowest BCUT2D eigenvalue weighted by atomic mass is 10.2. The molecule has 1 N–H and O–H groups in total. The van der Waals surface area contributed by atoms with E-state index in [0.29, 0.717) is 6.54 Å². The van der Waals surface area contributed by atoms with Gasteiger partial charge in [0.15, 0.2) is 11.8 Å². The highest BCUT2D eigenvalue weighted by molar-refractivity contribution is 6.99. The molecule has 1 aliphatic heterocycles. The first kappa shape index (κ1) is 11.0. The molecule has 7 nitrogen and oxygen atoms in total. The van der Waals surface area contributed by atoms with E-state index in [2.05, 4.69) is 8.75 Å². The fourth-order valence-electron chi connectivity index (χ4n) is 1.40. The fourth-order valence-corrected chi connectivity index (χ4v) is 1.81. The molecular weight excluding hydrogens is 234 g/mol. The molecule has 1 fully saturated rings. The van der Waals surface area contributed by atoms with Crippen molar-refractivity contribution < 1.29 is 19.4 Å². The molecule has 1 saturated heterocycles. The lowest BCUT2D eigenvalue weighted by Gasteiger charge is -2.30. The quantitative estimate of drug-likeness (QED) is 0.750. The lowest BCUT2D eigenvalue weighted by molar-refractivity contribution is -0.154. The Morgan fingerprint density at radius 1 is 1.62 bits per heavy atom. The molecule has 2 heterocycles. The number of hydrogen-bond acceptors (Lipinski definition) is 6. The van der Waals surface area contributed by atoms with Crippen molar-refractivity contribution >= 4 is 23.6 Å². The Bertz CT molecular complexity index is 394. The normalized spacial score (nSPS) is 20.8. The first-order chi connectivity index (χ1) is 7.68. The molecule has 1 atom stereocenters. The van der Waals surface area contributed by atoms with Crippen LogP contribution >= 0.6 is 11.7 Å². The molecular formula is C8H9N3O4S. The maximum Gasteiger partial charge on any atom is 0.334 e. The van der Waals surface area contributed by atoms with Crippen LogP contribution in [0.3, 0.4) is 0 Å². The molecule has 1 amide bonds. The minimum absolute atomic E-state index is 0.0473. The van der Waals surface area contributed by atoms with Gasteiger partial charge in [0.1, 0.15) is 0 Å². The second-order valence-electron chi connectivity index (χ2n) is 3.24. The summed E-state index contributed by atoms with van der Waals surface area (Å²) >= 11 is 0.944. The van der Waals surface area contributed by atoms with Crippen LogP contribution in [0.2, 0.25) is 0 Å². The van der Waals surface area contributed by atoms with E-state index in [-0.39, 0.29) is 24.8 Å². The largest absolute Gasteiger partial charge is 0.479 e. The van der Waals surface area contributed by atoms with Crippen LogP contribution in [0.1, 0.15) is 10.5 Å². The maximum atomic E-state index is 11.8. The van der Waals surface area contributed by atoms with Crippen molar-refractivity contribution in [3.05, 3.63) is 11.9 Å². The van der Waals surface area contributed by atoms with Gasteiger partial charge >= 0.3 is 5.97 Å². The fraction of sp³-hybridized carbons (Fsp3) is 0.500. The zero-order valence-corrected chi connectivity index (χ0v) is 9.01. The van der Waals surface area contributed by atoms with Crippen LogP contribution in [0.4, 0.5) is 0 Å². The van der Waals surface area contributed by atoms with E-state index in [9.17, 15) is 9.59 Å². The van der Waals surface area contributed by atoms with Gasteiger partial charge in [-0.15, -0.1) is 0 Å². The van der Waals surface area contributed by atoms with E-state index in [1.807, 2.05) is 0 Å². The van der Waals surface area contributed by atoms with Crippen LogP contribution in [-0.2, 0) is 9.53 Å². The monoisotopic (exact) mass is 243 g/mol. The Morgan fingerprint density at radius 3 is 3.06 bits per heavy atom. The summed E-state index contributed by atoms with van der Waals surface area (Å²) in [4.78, 5) is 23.9. The highest BCUT2D eigenvalue weighted by Gasteiger charge is 2.30. The number of carboxylic acid groups (broad SMARTS) is 1. The summed E-state index contributed by atoms with van der Waals surface area (Å²) in [6.45, 7) is 0.645. The average Bonchev–Trinajstić information content (AvgIpc) is 2.81. The van der Waals surface area contributed by atoms with Crippen LogP contribution in [0.15, 0.2) is 6.20 Å². The Labute approximate surface area is 95.0 Å². The molecule has 16 heavy (non-hydrogen) atoms. The van der Waals surface area contributed by atoms with Crippen LogP contribution in [-0.4, -0.2) is 56.4 Å². The number of morpholine rings is 1. The molecule has 0 aliphatic carbocycles. The number of rotatable bonds is 2. The molecule has 8 heteroatoms. The Kier molecular flexibility index (Phi) is 3.11.